The van der Waals surface area contributed by atoms with Crippen LogP contribution in [0.1, 0.15) is 0 Å². The first-order valence-electron chi connectivity index (χ1n) is 4.62. The van der Waals surface area contributed by atoms with Crippen molar-refractivity contribution in [3.63, 3.8) is 0 Å². The molecule has 0 atom stereocenters. The Balaban J connectivity index is 2.48. The highest BCUT2D eigenvalue weighted by Gasteiger charge is 2.06. The van der Waals surface area contributed by atoms with Crippen molar-refractivity contribution >= 4 is 5.69 Å². The summed E-state index contributed by atoms with van der Waals surface area (Å²) in [5.74, 6) is -0.0862. The summed E-state index contributed by atoms with van der Waals surface area (Å²) in [5.41, 5.74) is 7.22. The number of hydrogen-bond acceptors (Lipinski definition) is 4. The lowest BCUT2D eigenvalue weighted by atomic mass is 10.2. The summed E-state index contributed by atoms with van der Waals surface area (Å²) in [5, 5.41) is 0. The highest BCUT2D eigenvalue weighted by Crippen LogP contribution is 2.24. The second-order valence-electron chi connectivity index (χ2n) is 3.19. The molecule has 0 bridgehead atoms. The first-order valence-corrected chi connectivity index (χ1v) is 4.62. The van der Waals surface area contributed by atoms with Gasteiger partial charge in [-0.15, -0.1) is 0 Å². The monoisotopic (exact) mass is 219 g/mol. The smallest absolute Gasteiger partial charge is 0.237 e. The van der Waals surface area contributed by atoms with Gasteiger partial charge in [0.15, 0.2) is 0 Å². The van der Waals surface area contributed by atoms with Crippen LogP contribution in [0.25, 0.3) is 11.3 Å². The van der Waals surface area contributed by atoms with Crippen LogP contribution in [0.4, 0.5) is 10.1 Å². The highest BCUT2D eigenvalue weighted by molar-refractivity contribution is 5.62. The Morgan fingerprint density at radius 3 is 2.81 bits per heavy atom. The number of hydrogen-bond donors (Lipinski definition) is 1. The number of nitrogen functional groups attached to an aromatic ring is 1. The summed E-state index contributed by atoms with van der Waals surface area (Å²) in [6.07, 6.45) is 2.67. The van der Waals surface area contributed by atoms with E-state index in [4.69, 9.17) is 10.5 Å². The lowest BCUT2D eigenvalue weighted by Gasteiger charge is -2.05. The third-order valence-electron chi connectivity index (χ3n) is 2.08. The van der Waals surface area contributed by atoms with Crippen LogP contribution in [0.2, 0.25) is 0 Å². The molecule has 2 aromatic rings. The Morgan fingerprint density at radius 1 is 1.31 bits per heavy atom. The fraction of sp³-hybridized carbons (Fsp3) is 0.0909. The van der Waals surface area contributed by atoms with Crippen LogP contribution in [-0.2, 0) is 0 Å². The van der Waals surface area contributed by atoms with E-state index in [0.717, 1.165) is 6.20 Å². The molecule has 0 aliphatic rings. The van der Waals surface area contributed by atoms with Gasteiger partial charge < -0.3 is 10.5 Å². The normalized spacial score (nSPS) is 10.1. The van der Waals surface area contributed by atoms with E-state index in [1.165, 1.54) is 19.4 Å². The zero-order chi connectivity index (χ0) is 11.5. The molecular formula is C11H10FN3O. The Morgan fingerprint density at radius 2 is 2.12 bits per heavy atom. The maximum absolute atomic E-state index is 13.0. The molecule has 2 aromatic heterocycles. The minimum atomic E-state index is -0.407. The predicted molar refractivity (Wildman–Crippen MR) is 58.4 cm³/mol. The molecule has 2 heterocycles. The van der Waals surface area contributed by atoms with Gasteiger partial charge in [0, 0.05) is 11.8 Å². The zero-order valence-corrected chi connectivity index (χ0v) is 8.64. The number of rotatable bonds is 2. The van der Waals surface area contributed by atoms with Gasteiger partial charge in [-0.3, -0.25) is 4.98 Å². The predicted octanol–water partition coefficient (Wildman–Crippen LogP) is 1.87. The van der Waals surface area contributed by atoms with Crippen LogP contribution < -0.4 is 10.5 Å². The minimum Gasteiger partial charge on any atom is -0.480 e. The molecule has 0 radical (unpaired) electrons. The van der Waals surface area contributed by atoms with Gasteiger partial charge in [-0.25, -0.2) is 9.37 Å². The zero-order valence-electron chi connectivity index (χ0n) is 8.64. The van der Waals surface area contributed by atoms with Gasteiger partial charge >= 0.3 is 0 Å². The van der Waals surface area contributed by atoms with E-state index in [9.17, 15) is 4.39 Å². The average molecular weight is 219 g/mol. The van der Waals surface area contributed by atoms with Crippen molar-refractivity contribution in [1.82, 2.24) is 9.97 Å². The van der Waals surface area contributed by atoms with E-state index in [1.54, 1.807) is 12.1 Å². The van der Waals surface area contributed by atoms with Crippen molar-refractivity contribution in [2.75, 3.05) is 12.8 Å². The minimum absolute atomic E-state index is 0.321. The average Bonchev–Trinajstić information content (AvgIpc) is 2.29. The first kappa shape index (κ1) is 10.4. The largest absolute Gasteiger partial charge is 0.480 e. The SMILES string of the molecule is COc1nc(-c2cncc(F)c2)ccc1N. The third-order valence-corrected chi connectivity index (χ3v) is 2.08. The number of methoxy groups -OCH3 is 1. The van der Waals surface area contributed by atoms with Crippen molar-refractivity contribution in [2.45, 2.75) is 0 Å². The molecule has 82 valence electrons. The maximum atomic E-state index is 13.0. The molecular weight excluding hydrogens is 209 g/mol. The summed E-state index contributed by atoms with van der Waals surface area (Å²) in [6, 6.07) is 4.70. The van der Waals surface area contributed by atoms with Crippen molar-refractivity contribution < 1.29 is 9.13 Å². The number of nitrogens with zero attached hydrogens (tertiary/aromatic N) is 2. The number of aromatic nitrogens is 2. The van der Waals surface area contributed by atoms with Crippen molar-refractivity contribution in [1.29, 1.82) is 0 Å². The third kappa shape index (κ3) is 1.93. The molecule has 0 aliphatic heterocycles. The van der Waals surface area contributed by atoms with Crippen LogP contribution in [0.15, 0.2) is 30.6 Å². The lowest BCUT2D eigenvalue weighted by molar-refractivity contribution is 0.401. The second-order valence-corrected chi connectivity index (χ2v) is 3.19. The van der Waals surface area contributed by atoms with E-state index in [1.807, 2.05) is 0 Å². The highest BCUT2D eigenvalue weighted by atomic mass is 19.1. The number of nitrogens with two attached hydrogens (primary N) is 1. The van der Waals surface area contributed by atoms with Crippen LogP contribution in [0.3, 0.4) is 0 Å². The molecule has 0 aliphatic carbocycles. The Hall–Kier alpha value is -2.17. The van der Waals surface area contributed by atoms with Crippen LogP contribution >= 0.6 is 0 Å². The molecule has 16 heavy (non-hydrogen) atoms. The molecule has 0 saturated heterocycles. The quantitative estimate of drug-likeness (QED) is 0.837. The standard InChI is InChI=1S/C11H10FN3O/c1-16-11-9(13)2-3-10(15-11)7-4-8(12)6-14-5-7/h2-6H,13H2,1H3. The second kappa shape index (κ2) is 4.14. The van der Waals surface area contributed by atoms with E-state index < -0.39 is 5.82 Å². The fourth-order valence-electron chi connectivity index (χ4n) is 1.33. The molecule has 0 fully saturated rings. The molecule has 2 rings (SSSR count). The number of anilines is 1. The molecule has 0 unspecified atom stereocenters. The number of ether oxygens (including phenoxy) is 1. The molecule has 5 heteroatoms. The number of halogens is 1. The van der Waals surface area contributed by atoms with E-state index in [-0.39, 0.29) is 0 Å². The summed E-state index contributed by atoms with van der Waals surface area (Å²) in [6.45, 7) is 0. The Bertz CT molecular complexity index is 516. The maximum Gasteiger partial charge on any atom is 0.237 e. The molecule has 0 amide bonds. The van der Waals surface area contributed by atoms with Crippen molar-refractivity contribution in [3.8, 4) is 17.1 Å². The molecule has 0 spiro atoms. The van der Waals surface area contributed by atoms with Gasteiger partial charge in [0.05, 0.1) is 24.7 Å². The van der Waals surface area contributed by atoms with Crippen LogP contribution in [-0.4, -0.2) is 17.1 Å². The number of pyridine rings is 2. The molecule has 2 N–H and O–H groups in total. The van der Waals surface area contributed by atoms with Crippen molar-refractivity contribution in [2.24, 2.45) is 0 Å². The Kier molecular flexibility index (Phi) is 2.68. The van der Waals surface area contributed by atoms with Gasteiger partial charge in [0.25, 0.3) is 0 Å². The molecule has 0 aromatic carbocycles. The molecule has 0 saturated carbocycles. The summed E-state index contributed by atoms with van der Waals surface area (Å²) in [4.78, 5) is 7.90. The molecule has 4 nitrogen and oxygen atoms in total. The fourth-order valence-corrected chi connectivity index (χ4v) is 1.33. The van der Waals surface area contributed by atoms with Gasteiger partial charge in [-0.2, -0.15) is 0 Å². The van der Waals surface area contributed by atoms with E-state index >= 15 is 0 Å². The summed E-state index contributed by atoms with van der Waals surface area (Å²) in [7, 11) is 1.48. The van der Waals surface area contributed by atoms with Crippen molar-refractivity contribution in [3.05, 3.63) is 36.4 Å². The first-order chi connectivity index (χ1) is 7.70. The van der Waals surface area contributed by atoms with E-state index in [2.05, 4.69) is 9.97 Å². The summed E-state index contributed by atoms with van der Waals surface area (Å²) >= 11 is 0. The van der Waals surface area contributed by atoms with Crippen LogP contribution in [0, 0.1) is 5.82 Å². The van der Waals surface area contributed by atoms with E-state index in [0.29, 0.717) is 22.8 Å². The van der Waals surface area contributed by atoms with Gasteiger partial charge in [-0.1, -0.05) is 0 Å². The summed E-state index contributed by atoms with van der Waals surface area (Å²) < 4.78 is 18.0. The van der Waals surface area contributed by atoms with Gasteiger partial charge in [0.1, 0.15) is 5.82 Å². The Labute approximate surface area is 91.9 Å². The van der Waals surface area contributed by atoms with Crippen LogP contribution in [0.5, 0.6) is 5.88 Å². The van der Waals surface area contributed by atoms with Gasteiger partial charge in [-0.05, 0) is 18.2 Å². The lowest BCUT2D eigenvalue weighted by Crippen LogP contribution is -1.96. The van der Waals surface area contributed by atoms with Gasteiger partial charge in [0.2, 0.25) is 5.88 Å². The topological polar surface area (TPSA) is 61.0 Å².